The van der Waals surface area contributed by atoms with Gasteiger partial charge in [0, 0.05) is 11.3 Å². The van der Waals surface area contributed by atoms with Gasteiger partial charge in [0.05, 0.1) is 0 Å². The molecular weight excluding hydrogens is 178 g/mol. The van der Waals surface area contributed by atoms with Crippen molar-refractivity contribution in [2.45, 2.75) is 63.5 Å². The van der Waals surface area contributed by atoms with E-state index in [9.17, 15) is 0 Å². The van der Waals surface area contributed by atoms with Crippen molar-refractivity contribution in [3.05, 3.63) is 0 Å². The average Bonchev–Trinajstić information content (AvgIpc) is 1.98. The first kappa shape index (κ1) is 11.4. The maximum Gasteiger partial charge on any atom is 0.0211 e. The van der Waals surface area contributed by atoms with Crippen molar-refractivity contribution in [2.24, 2.45) is 11.1 Å². The topological polar surface area (TPSA) is 26.0 Å². The van der Waals surface area contributed by atoms with E-state index in [1.165, 1.54) is 19.3 Å². The lowest BCUT2D eigenvalue weighted by Crippen LogP contribution is -2.48. The van der Waals surface area contributed by atoms with Crippen molar-refractivity contribution in [1.29, 1.82) is 0 Å². The van der Waals surface area contributed by atoms with Crippen molar-refractivity contribution in [2.75, 3.05) is 0 Å². The van der Waals surface area contributed by atoms with E-state index in [0.717, 1.165) is 0 Å². The van der Waals surface area contributed by atoms with Crippen LogP contribution in [0.15, 0.2) is 0 Å². The molecule has 1 aliphatic carbocycles. The van der Waals surface area contributed by atoms with Crippen LogP contribution in [0.5, 0.6) is 0 Å². The third kappa shape index (κ3) is 2.88. The molecule has 13 heavy (non-hydrogen) atoms. The second-order valence-corrected chi connectivity index (χ2v) is 6.95. The standard InChI is InChI=1S/C11H23NS/c1-8(2)13-9-6-5-7-11(3,4)10(9)12/h8-10H,5-7,12H2,1-4H3. The molecule has 78 valence electrons. The van der Waals surface area contributed by atoms with E-state index in [4.69, 9.17) is 5.73 Å². The summed E-state index contributed by atoms with van der Waals surface area (Å²) in [7, 11) is 0. The summed E-state index contributed by atoms with van der Waals surface area (Å²) < 4.78 is 0. The van der Waals surface area contributed by atoms with Crippen LogP contribution in [0.4, 0.5) is 0 Å². The summed E-state index contributed by atoms with van der Waals surface area (Å²) in [4.78, 5) is 0. The Balaban J connectivity index is 2.55. The molecular formula is C11H23NS. The van der Waals surface area contributed by atoms with Crippen LogP contribution in [0.25, 0.3) is 0 Å². The summed E-state index contributed by atoms with van der Waals surface area (Å²) in [6.45, 7) is 9.15. The molecule has 0 radical (unpaired) electrons. The van der Waals surface area contributed by atoms with Gasteiger partial charge in [0.25, 0.3) is 0 Å². The maximum absolute atomic E-state index is 6.28. The zero-order chi connectivity index (χ0) is 10.1. The fourth-order valence-electron chi connectivity index (χ4n) is 2.11. The molecule has 0 aliphatic heterocycles. The molecule has 0 heterocycles. The highest BCUT2D eigenvalue weighted by molar-refractivity contribution is 8.00. The van der Waals surface area contributed by atoms with Crippen LogP contribution in [0.1, 0.15) is 47.0 Å². The van der Waals surface area contributed by atoms with Gasteiger partial charge in [-0.3, -0.25) is 0 Å². The van der Waals surface area contributed by atoms with Crippen LogP contribution in [0.2, 0.25) is 0 Å². The van der Waals surface area contributed by atoms with Gasteiger partial charge in [0.2, 0.25) is 0 Å². The first-order chi connectivity index (χ1) is 5.93. The van der Waals surface area contributed by atoms with Gasteiger partial charge in [0.1, 0.15) is 0 Å². The molecule has 0 bridgehead atoms. The summed E-state index contributed by atoms with van der Waals surface area (Å²) >= 11 is 2.06. The zero-order valence-corrected chi connectivity index (χ0v) is 10.2. The Bertz CT molecular complexity index is 165. The van der Waals surface area contributed by atoms with Gasteiger partial charge >= 0.3 is 0 Å². The molecule has 2 atom stereocenters. The molecule has 1 rings (SSSR count). The first-order valence-corrected chi connectivity index (χ1v) is 6.29. The molecule has 0 aromatic rings. The quantitative estimate of drug-likeness (QED) is 0.743. The van der Waals surface area contributed by atoms with Gasteiger partial charge in [-0.15, -0.1) is 0 Å². The molecule has 0 amide bonds. The number of rotatable bonds is 2. The van der Waals surface area contributed by atoms with Gasteiger partial charge < -0.3 is 5.73 Å². The Kier molecular flexibility index (Phi) is 3.70. The molecule has 1 aliphatic rings. The lowest BCUT2D eigenvalue weighted by atomic mass is 9.73. The van der Waals surface area contributed by atoms with Gasteiger partial charge in [-0.25, -0.2) is 0 Å². The normalized spacial score (nSPS) is 33.7. The van der Waals surface area contributed by atoms with E-state index in [2.05, 4.69) is 39.5 Å². The molecule has 2 N–H and O–H groups in total. The van der Waals surface area contributed by atoms with Crippen LogP contribution in [-0.4, -0.2) is 16.5 Å². The molecule has 0 saturated heterocycles. The summed E-state index contributed by atoms with van der Waals surface area (Å²) in [6.07, 6.45) is 3.96. The van der Waals surface area contributed by atoms with Crippen molar-refractivity contribution in [1.82, 2.24) is 0 Å². The van der Waals surface area contributed by atoms with Crippen LogP contribution < -0.4 is 5.73 Å². The predicted octanol–water partition coefficient (Wildman–Crippen LogP) is 3.03. The molecule has 1 nitrogen and oxygen atoms in total. The third-order valence-electron chi connectivity index (χ3n) is 3.06. The highest BCUT2D eigenvalue weighted by Gasteiger charge is 2.36. The predicted molar refractivity (Wildman–Crippen MR) is 62.1 cm³/mol. The minimum atomic E-state index is 0.352. The summed E-state index contributed by atoms with van der Waals surface area (Å²) in [5.41, 5.74) is 6.64. The van der Waals surface area contributed by atoms with E-state index < -0.39 is 0 Å². The second kappa shape index (κ2) is 4.22. The van der Waals surface area contributed by atoms with Gasteiger partial charge in [-0.05, 0) is 23.5 Å². The molecule has 0 aromatic heterocycles. The summed E-state index contributed by atoms with van der Waals surface area (Å²) in [5, 5.41) is 1.40. The van der Waals surface area contributed by atoms with Crippen molar-refractivity contribution in [3.63, 3.8) is 0 Å². The molecule has 0 spiro atoms. The smallest absolute Gasteiger partial charge is 0.0211 e. The fourth-order valence-corrected chi connectivity index (χ4v) is 3.65. The largest absolute Gasteiger partial charge is 0.326 e. The lowest BCUT2D eigenvalue weighted by Gasteiger charge is -2.42. The molecule has 0 aromatic carbocycles. The van der Waals surface area contributed by atoms with E-state index in [1.54, 1.807) is 0 Å². The molecule has 1 fully saturated rings. The van der Waals surface area contributed by atoms with E-state index >= 15 is 0 Å². The Labute approximate surface area is 86.8 Å². The zero-order valence-electron chi connectivity index (χ0n) is 9.34. The second-order valence-electron chi connectivity index (χ2n) is 5.13. The summed E-state index contributed by atoms with van der Waals surface area (Å²) in [5.74, 6) is 0. The minimum Gasteiger partial charge on any atom is -0.326 e. The highest BCUT2D eigenvalue weighted by Crippen LogP contribution is 2.40. The highest BCUT2D eigenvalue weighted by atomic mass is 32.2. The molecule has 2 heteroatoms. The third-order valence-corrected chi connectivity index (χ3v) is 4.48. The van der Waals surface area contributed by atoms with Gasteiger partial charge in [-0.2, -0.15) is 11.8 Å². The van der Waals surface area contributed by atoms with E-state index in [-0.39, 0.29) is 0 Å². The van der Waals surface area contributed by atoms with Crippen LogP contribution in [-0.2, 0) is 0 Å². The number of hydrogen-bond acceptors (Lipinski definition) is 2. The van der Waals surface area contributed by atoms with Crippen LogP contribution in [0, 0.1) is 5.41 Å². The Morgan fingerprint density at radius 1 is 1.38 bits per heavy atom. The Morgan fingerprint density at radius 2 is 2.00 bits per heavy atom. The van der Waals surface area contributed by atoms with Gasteiger partial charge in [-0.1, -0.05) is 34.1 Å². The number of nitrogens with two attached hydrogens (primary N) is 1. The number of hydrogen-bond donors (Lipinski definition) is 1. The first-order valence-electron chi connectivity index (χ1n) is 5.34. The lowest BCUT2D eigenvalue weighted by molar-refractivity contribution is 0.208. The average molecular weight is 201 g/mol. The summed E-state index contributed by atoms with van der Waals surface area (Å²) in [6, 6.07) is 0.383. The van der Waals surface area contributed by atoms with Crippen molar-refractivity contribution in [3.8, 4) is 0 Å². The maximum atomic E-state index is 6.28. The monoisotopic (exact) mass is 201 g/mol. The molecule has 2 unspecified atom stereocenters. The number of thioether (sulfide) groups is 1. The van der Waals surface area contributed by atoms with E-state index in [0.29, 0.717) is 22.0 Å². The van der Waals surface area contributed by atoms with Gasteiger partial charge in [0.15, 0.2) is 0 Å². The Hall–Kier alpha value is 0.310. The van der Waals surface area contributed by atoms with Crippen molar-refractivity contribution < 1.29 is 0 Å². The van der Waals surface area contributed by atoms with Crippen molar-refractivity contribution >= 4 is 11.8 Å². The van der Waals surface area contributed by atoms with Crippen LogP contribution >= 0.6 is 11.8 Å². The minimum absolute atomic E-state index is 0.352. The molecule has 1 saturated carbocycles. The van der Waals surface area contributed by atoms with Crippen LogP contribution in [0.3, 0.4) is 0 Å². The fraction of sp³-hybridized carbons (Fsp3) is 1.00. The SMILES string of the molecule is CC(C)SC1CCCC(C)(C)C1N. The van der Waals surface area contributed by atoms with E-state index in [1.807, 2.05) is 0 Å². The Morgan fingerprint density at radius 3 is 2.54 bits per heavy atom.